The van der Waals surface area contributed by atoms with Gasteiger partial charge < -0.3 is 24.8 Å². The molecule has 2 aromatic carbocycles. The number of ether oxygens (including phenoxy) is 1. The first kappa shape index (κ1) is 32.7. The van der Waals surface area contributed by atoms with E-state index >= 15 is 0 Å². The summed E-state index contributed by atoms with van der Waals surface area (Å²) in [6.45, 7) is 3.03. The van der Waals surface area contributed by atoms with Crippen LogP contribution >= 0.6 is 11.8 Å². The number of hydrogen-bond donors (Lipinski definition) is 2. The summed E-state index contributed by atoms with van der Waals surface area (Å²) in [5.41, 5.74) is 0.547. The highest BCUT2D eigenvalue weighted by atomic mass is 32.2. The molecular formula is C31H30F5N7O3S. The summed E-state index contributed by atoms with van der Waals surface area (Å²) in [4.78, 5) is 36.8. The number of piperazine rings is 1. The zero-order valence-corrected chi connectivity index (χ0v) is 25.9. The number of carbonyl (C=O) groups excluding carboxylic acids is 2. The highest BCUT2D eigenvalue weighted by Crippen LogP contribution is 2.36. The molecule has 4 aromatic rings. The number of amides is 2. The number of halogens is 5. The van der Waals surface area contributed by atoms with E-state index in [4.69, 9.17) is 4.74 Å². The van der Waals surface area contributed by atoms with Crippen LogP contribution in [0, 0.1) is 11.6 Å². The minimum Gasteiger partial charge on any atom is -0.381 e. The molecule has 0 bridgehead atoms. The van der Waals surface area contributed by atoms with E-state index in [-0.39, 0.29) is 53.7 Å². The zero-order chi connectivity index (χ0) is 33.3. The van der Waals surface area contributed by atoms with Crippen molar-refractivity contribution in [2.24, 2.45) is 0 Å². The van der Waals surface area contributed by atoms with Gasteiger partial charge in [-0.2, -0.15) is 18.3 Å². The number of rotatable bonds is 7. The largest absolute Gasteiger partial charge is 0.471 e. The van der Waals surface area contributed by atoms with Gasteiger partial charge in [-0.3, -0.25) is 14.7 Å². The molecule has 4 heterocycles. The lowest BCUT2D eigenvalue weighted by Crippen LogP contribution is -2.50. The molecule has 2 aliphatic heterocycles. The topological polar surface area (TPSA) is 107 Å². The maximum absolute atomic E-state index is 14.1. The molecule has 6 rings (SSSR count). The van der Waals surface area contributed by atoms with E-state index in [2.05, 4.69) is 25.4 Å². The molecule has 2 fully saturated rings. The van der Waals surface area contributed by atoms with Crippen molar-refractivity contribution >= 4 is 51.8 Å². The lowest BCUT2D eigenvalue weighted by molar-refractivity contribution is -0.171. The summed E-state index contributed by atoms with van der Waals surface area (Å²) in [6, 6.07) is 8.37. The number of H-pyrrole nitrogens is 1. The van der Waals surface area contributed by atoms with E-state index < -0.39 is 35.7 Å². The number of nitrogens with one attached hydrogen (secondary N) is 2. The Morgan fingerprint density at radius 1 is 1.00 bits per heavy atom. The van der Waals surface area contributed by atoms with Gasteiger partial charge in [0.2, 0.25) is 0 Å². The Hall–Kier alpha value is -4.28. The fraction of sp³-hybridized carbons (Fsp3) is 0.355. The number of hydrogen-bond acceptors (Lipinski definition) is 8. The van der Waals surface area contributed by atoms with Gasteiger partial charge in [-0.25, -0.2) is 13.8 Å². The third-order valence-corrected chi connectivity index (χ3v) is 9.00. The average Bonchev–Trinajstić information content (AvgIpc) is 3.42. The number of likely N-dealkylation sites (N-methyl/N-ethyl adjacent to an activating group) is 1. The molecule has 2 amide bonds. The number of fused-ring (bicyclic) bond motifs is 1. The number of aromatic nitrogens is 3. The standard InChI is InChI=1S/C31H30F5N7O3S/c1-41-6-8-42(9-7-41)21-2-3-24(26(15-21)43(30(45)31(34,35)36)20-4-10-46-11-5-20)29(44)38-28-25-16-23(17-37-27(25)39-40-28)47-22-13-18(32)12-19(33)14-22/h2-3,12-17,20H,4-11H2,1H3,(H2,37,38,39,40,44). The SMILES string of the molecule is CN1CCN(c2ccc(C(=O)Nc3n[nH]c4ncc(Sc5cc(F)cc(F)c5)cc34)c(N(C(=O)C(F)(F)F)C3CCOCC3)c2)CC1. The second kappa shape index (κ2) is 13.4. The molecule has 248 valence electrons. The van der Waals surface area contributed by atoms with E-state index in [1.54, 1.807) is 12.1 Å². The van der Waals surface area contributed by atoms with Gasteiger partial charge in [-0.15, -0.1) is 0 Å². The molecule has 0 radical (unpaired) electrons. The Bertz CT molecular complexity index is 1770. The van der Waals surface area contributed by atoms with Crippen molar-refractivity contribution in [3.63, 3.8) is 0 Å². The number of alkyl halides is 3. The molecular weight excluding hydrogens is 645 g/mol. The Morgan fingerprint density at radius 2 is 1.70 bits per heavy atom. The lowest BCUT2D eigenvalue weighted by atomic mass is 10.0. The number of pyridine rings is 1. The lowest BCUT2D eigenvalue weighted by Gasteiger charge is -2.37. The molecule has 2 aromatic heterocycles. The molecule has 0 atom stereocenters. The third-order valence-electron chi connectivity index (χ3n) is 8.07. The van der Waals surface area contributed by atoms with Crippen LogP contribution in [0.2, 0.25) is 0 Å². The number of carbonyl (C=O) groups is 2. The number of aromatic amines is 1. The summed E-state index contributed by atoms with van der Waals surface area (Å²) >= 11 is 1.04. The van der Waals surface area contributed by atoms with E-state index in [9.17, 15) is 31.5 Å². The van der Waals surface area contributed by atoms with Gasteiger partial charge in [0.15, 0.2) is 11.5 Å². The highest BCUT2D eigenvalue weighted by Gasteiger charge is 2.46. The average molecular weight is 676 g/mol. The molecule has 10 nitrogen and oxygen atoms in total. The molecule has 2 saturated heterocycles. The van der Waals surface area contributed by atoms with Gasteiger partial charge in [0.1, 0.15) is 11.6 Å². The van der Waals surface area contributed by atoms with Crippen LogP contribution in [-0.2, 0) is 9.53 Å². The molecule has 0 unspecified atom stereocenters. The van der Waals surface area contributed by atoms with Gasteiger partial charge in [-0.1, -0.05) is 11.8 Å². The predicted molar refractivity (Wildman–Crippen MR) is 166 cm³/mol. The first-order chi connectivity index (χ1) is 22.5. The van der Waals surface area contributed by atoms with Crippen LogP contribution in [0.4, 0.5) is 39.1 Å². The van der Waals surface area contributed by atoms with Crippen LogP contribution in [0.25, 0.3) is 11.0 Å². The van der Waals surface area contributed by atoms with Gasteiger partial charge in [-0.05, 0) is 56.3 Å². The van der Waals surface area contributed by atoms with Gasteiger partial charge >= 0.3 is 12.1 Å². The highest BCUT2D eigenvalue weighted by molar-refractivity contribution is 7.99. The van der Waals surface area contributed by atoms with Crippen molar-refractivity contribution in [2.45, 2.75) is 34.9 Å². The van der Waals surface area contributed by atoms with Crippen LogP contribution in [0.5, 0.6) is 0 Å². The fourth-order valence-electron chi connectivity index (χ4n) is 5.66. The fourth-order valence-corrected chi connectivity index (χ4v) is 6.56. The van der Waals surface area contributed by atoms with Crippen LogP contribution in [0.3, 0.4) is 0 Å². The molecule has 2 N–H and O–H groups in total. The quantitative estimate of drug-likeness (QED) is 0.249. The Morgan fingerprint density at radius 3 is 2.38 bits per heavy atom. The second-order valence-electron chi connectivity index (χ2n) is 11.3. The Balaban J connectivity index is 1.36. The van der Waals surface area contributed by atoms with Crippen molar-refractivity contribution in [1.82, 2.24) is 20.1 Å². The summed E-state index contributed by atoms with van der Waals surface area (Å²) in [5.74, 6) is -4.33. The summed E-state index contributed by atoms with van der Waals surface area (Å²) in [6.07, 6.45) is -3.41. The maximum atomic E-state index is 14.1. The minimum absolute atomic E-state index is 0.0271. The second-order valence-corrected chi connectivity index (χ2v) is 12.5. The molecule has 0 aliphatic carbocycles. The van der Waals surface area contributed by atoms with Crippen LogP contribution in [0.15, 0.2) is 58.5 Å². The molecule has 0 saturated carbocycles. The molecule has 2 aliphatic rings. The Kier molecular flexibility index (Phi) is 9.34. The first-order valence-electron chi connectivity index (χ1n) is 14.8. The van der Waals surface area contributed by atoms with Crippen molar-refractivity contribution in [2.75, 3.05) is 61.6 Å². The maximum Gasteiger partial charge on any atom is 0.471 e. The third kappa shape index (κ3) is 7.34. The van der Waals surface area contributed by atoms with E-state index in [0.717, 1.165) is 43.1 Å². The van der Waals surface area contributed by atoms with Gasteiger partial charge in [0.25, 0.3) is 5.91 Å². The van der Waals surface area contributed by atoms with Gasteiger partial charge in [0, 0.05) is 73.2 Å². The Labute approximate surface area is 270 Å². The first-order valence-corrected chi connectivity index (χ1v) is 15.6. The van der Waals surface area contributed by atoms with Crippen LogP contribution in [0.1, 0.15) is 23.2 Å². The van der Waals surface area contributed by atoms with Crippen molar-refractivity contribution < 1.29 is 36.3 Å². The van der Waals surface area contributed by atoms with E-state index in [1.807, 2.05) is 11.9 Å². The summed E-state index contributed by atoms with van der Waals surface area (Å²) in [5, 5.41) is 9.84. The monoisotopic (exact) mass is 675 g/mol. The van der Waals surface area contributed by atoms with E-state index in [0.29, 0.717) is 34.0 Å². The normalized spacial score (nSPS) is 16.4. The smallest absolute Gasteiger partial charge is 0.381 e. The number of nitrogens with zero attached hydrogens (tertiary/aromatic N) is 5. The molecule has 16 heteroatoms. The number of anilines is 3. The van der Waals surface area contributed by atoms with E-state index in [1.165, 1.54) is 18.3 Å². The van der Waals surface area contributed by atoms with Crippen molar-refractivity contribution in [3.05, 3.63) is 65.9 Å². The van der Waals surface area contributed by atoms with Crippen LogP contribution in [-0.4, -0.2) is 90.6 Å². The molecule has 47 heavy (non-hydrogen) atoms. The minimum atomic E-state index is -5.20. The van der Waals surface area contributed by atoms with Crippen molar-refractivity contribution in [3.8, 4) is 0 Å². The van der Waals surface area contributed by atoms with Crippen molar-refractivity contribution in [1.29, 1.82) is 0 Å². The molecule has 0 spiro atoms. The summed E-state index contributed by atoms with van der Waals surface area (Å²) in [7, 11) is 1.97. The zero-order valence-electron chi connectivity index (χ0n) is 25.1. The van der Waals surface area contributed by atoms with Crippen LogP contribution < -0.4 is 15.1 Å². The van der Waals surface area contributed by atoms with Gasteiger partial charge in [0.05, 0.1) is 16.6 Å². The number of benzene rings is 2. The predicted octanol–water partition coefficient (Wildman–Crippen LogP) is 5.47. The summed E-state index contributed by atoms with van der Waals surface area (Å²) < 4.78 is 75.1.